The normalized spacial score (nSPS) is 15.6. The van der Waals surface area contributed by atoms with E-state index in [4.69, 9.17) is 5.11 Å². The largest absolute Gasteiger partial charge is 0.508 e. The summed E-state index contributed by atoms with van der Waals surface area (Å²) in [5, 5.41) is 21.7. The molecule has 34 heavy (non-hydrogen) atoms. The maximum absolute atomic E-state index is 13.0. The summed E-state index contributed by atoms with van der Waals surface area (Å²) in [4.78, 5) is 8.86. The lowest BCUT2D eigenvalue weighted by molar-refractivity contribution is 0.208. The van der Waals surface area contributed by atoms with Crippen LogP contribution in [-0.2, 0) is 10.0 Å². The second-order valence-electron chi connectivity index (χ2n) is 8.28. The Hall–Kier alpha value is -3.27. The minimum absolute atomic E-state index is 0.147. The minimum atomic E-state index is -3.54. The highest BCUT2D eigenvalue weighted by molar-refractivity contribution is 7.89. The van der Waals surface area contributed by atoms with E-state index in [-0.39, 0.29) is 17.3 Å². The highest BCUT2D eigenvalue weighted by Crippen LogP contribution is 2.26. The number of aliphatic hydroxyl groups excluding tert-OH is 1. The van der Waals surface area contributed by atoms with Gasteiger partial charge in [0.1, 0.15) is 5.75 Å². The van der Waals surface area contributed by atoms with Crippen LogP contribution in [0.2, 0.25) is 0 Å². The van der Waals surface area contributed by atoms with Crippen molar-refractivity contribution in [2.75, 3.05) is 25.0 Å². The van der Waals surface area contributed by atoms with E-state index in [9.17, 15) is 13.5 Å². The average molecular weight is 481 g/mol. The Morgan fingerprint density at radius 1 is 1.00 bits per heavy atom. The van der Waals surface area contributed by atoms with Crippen LogP contribution in [0.5, 0.6) is 5.75 Å². The number of hydrogen-bond donors (Lipinski definition) is 3. The molecule has 1 aliphatic heterocycles. The Kier molecular flexibility index (Phi) is 7.56. The van der Waals surface area contributed by atoms with Gasteiger partial charge in [-0.1, -0.05) is 24.3 Å². The molecule has 3 N–H and O–H groups in total. The number of nitrogens with zero attached hydrogens (tertiary/aromatic N) is 3. The molecule has 4 rings (SSSR count). The topological polar surface area (TPSA) is 116 Å². The molecule has 0 unspecified atom stereocenters. The van der Waals surface area contributed by atoms with E-state index in [1.165, 1.54) is 4.31 Å². The fourth-order valence-corrected chi connectivity index (χ4v) is 5.39. The summed E-state index contributed by atoms with van der Waals surface area (Å²) in [6.07, 6.45) is 9.34. The zero-order valence-electron chi connectivity index (χ0n) is 18.7. The number of hydrogen-bond acceptors (Lipinski definition) is 7. The average Bonchev–Trinajstić information content (AvgIpc) is 2.85. The number of aromatic nitrogens is 2. The van der Waals surface area contributed by atoms with E-state index in [1.54, 1.807) is 54.9 Å². The van der Waals surface area contributed by atoms with E-state index >= 15 is 0 Å². The molecule has 1 fully saturated rings. The molecule has 1 aliphatic rings. The number of piperidine rings is 1. The SMILES string of the molecule is O=S(=O)(c1ccc(Nc2ncc(/C=C/c3cccc(O)c3)cn2)cc1)N1CCC(CCO)CC1. The van der Waals surface area contributed by atoms with Crippen LogP contribution in [0.3, 0.4) is 0 Å². The third kappa shape index (κ3) is 5.99. The van der Waals surface area contributed by atoms with Crippen molar-refractivity contribution in [1.29, 1.82) is 0 Å². The number of aliphatic hydroxyl groups is 1. The summed E-state index contributed by atoms with van der Waals surface area (Å²) < 4.78 is 27.4. The van der Waals surface area contributed by atoms with Crippen LogP contribution in [0.1, 0.15) is 30.4 Å². The zero-order valence-corrected chi connectivity index (χ0v) is 19.5. The molecule has 0 amide bonds. The third-order valence-corrected chi connectivity index (χ3v) is 7.78. The second-order valence-corrected chi connectivity index (χ2v) is 10.2. The molecule has 0 spiro atoms. The molecular formula is C25H28N4O4S. The Balaban J connectivity index is 1.36. The van der Waals surface area contributed by atoms with Gasteiger partial charge in [-0.2, -0.15) is 4.31 Å². The van der Waals surface area contributed by atoms with E-state index in [2.05, 4.69) is 15.3 Å². The minimum Gasteiger partial charge on any atom is -0.508 e. The predicted molar refractivity (Wildman–Crippen MR) is 132 cm³/mol. The van der Waals surface area contributed by atoms with E-state index in [0.29, 0.717) is 30.6 Å². The number of sulfonamides is 1. The van der Waals surface area contributed by atoms with Crippen molar-refractivity contribution in [2.45, 2.75) is 24.2 Å². The van der Waals surface area contributed by atoms with Crippen LogP contribution in [0.15, 0.2) is 65.8 Å². The standard InChI is InChI=1S/C25H28N4O4S/c30-15-12-19-10-13-29(14-11-19)34(32,33)24-8-6-22(7-9-24)28-25-26-17-21(18-27-25)5-4-20-2-1-3-23(31)16-20/h1-9,16-19,30-31H,10-15H2,(H,26,27,28)/b5-4+. The van der Waals surface area contributed by atoms with E-state index in [0.717, 1.165) is 30.4 Å². The molecule has 0 aliphatic carbocycles. The van der Waals surface area contributed by atoms with E-state index in [1.807, 2.05) is 18.2 Å². The first kappa shape index (κ1) is 23.9. The highest BCUT2D eigenvalue weighted by atomic mass is 32.2. The van der Waals surface area contributed by atoms with Crippen molar-refractivity contribution in [3.63, 3.8) is 0 Å². The van der Waals surface area contributed by atoms with Crippen LogP contribution in [0.4, 0.5) is 11.6 Å². The summed E-state index contributed by atoms with van der Waals surface area (Å²) in [7, 11) is -3.54. The summed E-state index contributed by atoms with van der Waals surface area (Å²) in [5.74, 6) is 0.993. The van der Waals surface area contributed by atoms with Gasteiger partial charge in [0, 0.05) is 43.3 Å². The van der Waals surface area contributed by atoms with Gasteiger partial charge in [0.2, 0.25) is 16.0 Å². The number of benzene rings is 2. The number of anilines is 2. The Morgan fingerprint density at radius 2 is 1.68 bits per heavy atom. The lowest BCUT2D eigenvalue weighted by Gasteiger charge is -2.31. The van der Waals surface area contributed by atoms with Crippen molar-refractivity contribution in [1.82, 2.24) is 14.3 Å². The Labute approximate surface area is 199 Å². The molecule has 1 saturated heterocycles. The lowest BCUT2D eigenvalue weighted by atomic mass is 9.95. The quantitative estimate of drug-likeness (QED) is 0.448. The molecule has 0 saturated carbocycles. The number of phenolic OH excluding ortho intramolecular Hbond substituents is 1. The molecule has 1 aromatic heterocycles. The molecule has 9 heteroatoms. The van der Waals surface area contributed by atoms with Crippen molar-refractivity contribution in [3.05, 3.63) is 72.1 Å². The molecule has 178 valence electrons. The number of phenols is 1. The second kappa shape index (κ2) is 10.8. The van der Waals surface area contributed by atoms with Gasteiger partial charge >= 0.3 is 0 Å². The van der Waals surface area contributed by atoms with Gasteiger partial charge in [-0.15, -0.1) is 0 Å². The van der Waals surface area contributed by atoms with Crippen molar-refractivity contribution < 1.29 is 18.6 Å². The number of rotatable bonds is 8. The van der Waals surface area contributed by atoms with Gasteiger partial charge in [-0.05, 0) is 67.1 Å². The molecule has 0 radical (unpaired) electrons. The molecule has 8 nitrogen and oxygen atoms in total. The van der Waals surface area contributed by atoms with Crippen LogP contribution in [0.25, 0.3) is 12.2 Å². The van der Waals surface area contributed by atoms with Crippen LogP contribution in [-0.4, -0.2) is 52.6 Å². The highest BCUT2D eigenvalue weighted by Gasteiger charge is 2.29. The maximum atomic E-state index is 13.0. The number of nitrogens with one attached hydrogen (secondary N) is 1. The maximum Gasteiger partial charge on any atom is 0.243 e. The zero-order chi connectivity index (χ0) is 24.0. The van der Waals surface area contributed by atoms with Crippen LogP contribution < -0.4 is 5.32 Å². The summed E-state index contributed by atoms with van der Waals surface area (Å²) >= 11 is 0. The predicted octanol–water partition coefficient (Wildman–Crippen LogP) is 3.88. The fraction of sp³-hybridized carbons (Fsp3) is 0.280. The smallest absolute Gasteiger partial charge is 0.243 e. The summed E-state index contributed by atoms with van der Waals surface area (Å²) in [6.45, 7) is 1.11. The van der Waals surface area contributed by atoms with Gasteiger partial charge in [0.25, 0.3) is 0 Å². The summed E-state index contributed by atoms with van der Waals surface area (Å²) in [5.41, 5.74) is 2.36. The fourth-order valence-electron chi connectivity index (χ4n) is 3.92. The lowest BCUT2D eigenvalue weighted by Crippen LogP contribution is -2.38. The van der Waals surface area contributed by atoms with Gasteiger partial charge in [0.05, 0.1) is 4.90 Å². The molecule has 0 bridgehead atoms. The Morgan fingerprint density at radius 3 is 2.32 bits per heavy atom. The van der Waals surface area contributed by atoms with Crippen molar-refractivity contribution in [2.24, 2.45) is 5.92 Å². The first-order valence-electron chi connectivity index (χ1n) is 11.2. The first-order valence-corrected chi connectivity index (χ1v) is 12.7. The van der Waals surface area contributed by atoms with E-state index < -0.39 is 10.0 Å². The summed E-state index contributed by atoms with van der Waals surface area (Å²) in [6, 6.07) is 13.5. The van der Waals surface area contributed by atoms with Crippen molar-refractivity contribution in [3.8, 4) is 5.75 Å². The van der Waals surface area contributed by atoms with Crippen LogP contribution in [0, 0.1) is 5.92 Å². The third-order valence-electron chi connectivity index (χ3n) is 5.87. The van der Waals surface area contributed by atoms with Gasteiger partial charge in [-0.25, -0.2) is 18.4 Å². The van der Waals surface area contributed by atoms with Gasteiger partial charge in [0.15, 0.2) is 0 Å². The first-order chi connectivity index (χ1) is 16.4. The molecule has 2 aromatic carbocycles. The monoisotopic (exact) mass is 480 g/mol. The molecule has 0 atom stereocenters. The van der Waals surface area contributed by atoms with Gasteiger partial charge < -0.3 is 15.5 Å². The van der Waals surface area contributed by atoms with Crippen molar-refractivity contribution >= 4 is 33.8 Å². The number of aromatic hydroxyl groups is 1. The van der Waals surface area contributed by atoms with Gasteiger partial charge in [-0.3, -0.25) is 0 Å². The van der Waals surface area contributed by atoms with Crippen LogP contribution >= 0.6 is 0 Å². The molecule has 2 heterocycles. The Bertz CT molecular complexity index is 1220. The molecule has 3 aromatic rings. The molecular weight excluding hydrogens is 452 g/mol.